The minimum Gasteiger partial charge on any atom is -0.497 e. The number of aromatic nitrogens is 2. The molecule has 1 aromatic heterocycles. The largest absolute Gasteiger partial charge is 0.497 e. The fourth-order valence-electron chi connectivity index (χ4n) is 4.51. The molecule has 5 rings (SSSR count). The summed E-state index contributed by atoms with van der Waals surface area (Å²) in [6, 6.07) is 15.1. The summed E-state index contributed by atoms with van der Waals surface area (Å²) in [7, 11) is 1.60. The van der Waals surface area contributed by atoms with Crippen LogP contribution in [0.5, 0.6) is 5.75 Å². The highest BCUT2D eigenvalue weighted by Gasteiger charge is 2.53. The lowest BCUT2D eigenvalue weighted by molar-refractivity contribution is -0.138. The van der Waals surface area contributed by atoms with E-state index in [1.54, 1.807) is 37.6 Å². The summed E-state index contributed by atoms with van der Waals surface area (Å²) in [6.45, 7) is 1.91. The van der Waals surface area contributed by atoms with Gasteiger partial charge < -0.3 is 14.5 Å². The van der Waals surface area contributed by atoms with E-state index in [9.17, 15) is 9.59 Å². The molecular weight excluding hydrogens is 392 g/mol. The molecule has 3 heterocycles. The van der Waals surface area contributed by atoms with Crippen LogP contribution in [0.4, 0.5) is 5.69 Å². The number of methoxy groups -OCH3 is 1. The van der Waals surface area contributed by atoms with Crippen LogP contribution in [-0.4, -0.2) is 53.7 Å². The van der Waals surface area contributed by atoms with Crippen LogP contribution in [-0.2, 0) is 4.79 Å². The van der Waals surface area contributed by atoms with Gasteiger partial charge in [-0.1, -0.05) is 12.1 Å². The molecule has 0 aliphatic carbocycles. The molecule has 2 saturated heterocycles. The fraction of sp³-hybridized carbons (Fsp3) is 0.292. The quantitative estimate of drug-likeness (QED) is 0.662. The van der Waals surface area contributed by atoms with Gasteiger partial charge in [0.2, 0.25) is 5.91 Å². The second-order valence-corrected chi connectivity index (χ2v) is 8.23. The summed E-state index contributed by atoms with van der Waals surface area (Å²) in [4.78, 5) is 29.6. The van der Waals surface area contributed by atoms with Crippen LogP contribution in [0.25, 0.3) is 11.1 Å². The number of amides is 2. The number of hydrogen-bond acceptors (Lipinski definition) is 4. The number of H-pyrrole nitrogens is 1. The van der Waals surface area contributed by atoms with Crippen LogP contribution in [0.15, 0.2) is 60.9 Å². The number of aromatic amines is 1. The van der Waals surface area contributed by atoms with Crippen LogP contribution in [0, 0.1) is 5.41 Å². The highest BCUT2D eigenvalue weighted by Crippen LogP contribution is 2.44. The molecule has 2 aliphatic rings. The molecule has 0 radical (unpaired) electrons. The van der Waals surface area contributed by atoms with Gasteiger partial charge in [-0.2, -0.15) is 5.10 Å². The zero-order valence-corrected chi connectivity index (χ0v) is 17.4. The predicted octanol–water partition coefficient (Wildman–Crippen LogP) is 3.35. The van der Waals surface area contributed by atoms with E-state index in [4.69, 9.17) is 4.74 Å². The molecule has 2 aromatic carbocycles. The maximum Gasteiger partial charge on any atom is 0.253 e. The Morgan fingerprint density at radius 3 is 2.32 bits per heavy atom. The van der Waals surface area contributed by atoms with Crippen molar-refractivity contribution in [3.63, 3.8) is 0 Å². The average molecular weight is 416 g/mol. The van der Waals surface area contributed by atoms with Gasteiger partial charge in [-0.3, -0.25) is 14.7 Å². The van der Waals surface area contributed by atoms with Gasteiger partial charge in [-0.15, -0.1) is 0 Å². The number of hydrogen-bond donors (Lipinski definition) is 1. The monoisotopic (exact) mass is 416 g/mol. The molecule has 1 N–H and O–H groups in total. The van der Waals surface area contributed by atoms with Gasteiger partial charge >= 0.3 is 0 Å². The second kappa shape index (κ2) is 7.58. The molecule has 0 saturated carbocycles. The smallest absolute Gasteiger partial charge is 0.253 e. The number of likely N-dealkylation sites (tertiary alicyclic amines) is 1. The van der Waals surface area contributed by atoms with Crippen molar-refractivity contribution < 1.29 is 14.3 Å². The summed E-state index contributed by atoms with van der Waals surface area (Å²) >= 11 is 0. The standard InChI is InChI=1S/C24H24N4O3/c1-31-21-8-4-18(5-9-21)22(29)27-12-10-24(11-13-27)16-28(23(24)30)20-6-2-17(3-7-20)19-14-25-26-15-19/h2-9,14-15H,10-13,16H2,1H3,(H,25,26). The second-order valence-electron chi connectivity index (χ2n) is 8.23. The maximum absolute atomic E-state index is 13.1. The van der Waals surface area contributed by atoms with Crippen molar-refractivity contribution >= 4 is 17.5 Å². The third-order valence-corrected chi connectivity index (χ3v) is 6.51. The van der Waals surface area contributed by atoms with Gasteiger partial charge in [-0.05, 0) is 54.8 Å². The van der Waals surface area contributed by atoms with Crippen molar-refractivity contribution in [1.29, 1.82) is 0 Å². The Labute approximate surface area is 180 Å². The normalized spacial score (nSPS) is 17.5. The molecule has 0 atom stereocenters. The summed E-state index contributed by atoms with van der Waals surface area (Å²) in [6.07, 6.45) is 5.04. The van der Waals surface area contributed by atoms with Gasteiger partial charge in [0.15, 0.2) is 0 Å². The van der Waals surface area contributed by atoms with Crippen LogP contribution in [0.2, 0.25) is 0 Å². The Balaban J connectivity index is 1.21. The Morgan fingerprint density at radius 1 is 1.03 bits per heavy atom. The van der Waals surface area contributed by atoms with E-state index < -0.39 is 0 Å². The highest BCUT2D eigenvalue weighted by atomic mass is 16.5. The van der Waals surface area contributed by atoms with E-state index in [0.717, 1.165) is 22.6 Å². The maximum atomic E-state index is 13.1. The molecule has 2 fully saturated rings. The lowest BCUT2D eigenvalue weighted by Gasteiger charge is -2.52. The van der Waals surface area contributed by atoms with Crippen LogP contribution < -0.4 is 9.64 Å². The number of β-lactam (4-membered cyclic amide) rings is 1. The third-order valence-electron chi connectivity index (χ3n) is 6.51. The van der Waals surface area contributed by atoms with Crippen LogP contribution in [0.3, 0.4) is 0 Å². The molecule has 7 heteroatoms. The summed E-state index contributed by atoms with van der Waals surface area (Å²) < 4.78 is 5.16. The molecule has 7 nitrogen and oxygen atoms in total. The molecule has 1 spiro atoms. The molecule has 158 valence electrons. The molecule has 2 aliphatic heterocycles. The van der Waals surface area contributed by atoms with Crippen molar-refractivity contribution in [2.75, 3.05) is 31.6 Å². The van der Waals surface area contributed by atoms with E-state index in [0.29, 0.717) is 38.0 Å². The van der Waals surface area contributed by atoms with E-state index in [1.807, 2.05) is 40.3 Å². The van der Waals surface area contributed by atoms with Crippen LogP contribution in [0.1, 0.15) is 23.2 Å². The topological polar surface area (TPSA) is 78.5 Å². The number of benzene rings is 2. The molecule has 3 aromatic rings. The number of anilines is 1. The Kier molecular flexibility index (Phi) is 4.73. The molecule has 0 bridgehead atoms. The Morgan fingerprint density at radius 2 is 1.74 bits per heavy atom. The number of rotatable bonds is 4. The summed E-state index contributed by atoms with van der Waals surface area (Å²) in [5.41, 5.74) is 3.31. The van der Waals surface area contributed by atoms with E-state index >= 15 is 0 Å². The van der Waals surface area contributed by atoms with Crippen LogP contribution >= 0.6 is 0 Å². The predicted molar refractivity (Wildman–Crippen MR) is 117 cm³/mol. The Bertz CT molecular complexity index is 1080. The van der Waals surface area contributed by atoms with Gasteiger partial charge in [0.05, 0.1) is 18.7 Å². The number of nitrogens with one attached hydrogen (secondary N) is 1. The van der Waals surface area contributed by atoms with Gasteiger partial charge in [0.1, 0.15) is 5.75 Å². The highest BCUT2D eigenvalue weighted by molar-refractivity contribution is 6.05. The van der Waals surface area contributed by atoms with E-state index in [2.05, 4.69) is 10.2 Å². The first kappa shape index (κ1) is 19.4. The third kappa shape index (κ3) is 3.36. The first-order valence-corrected chi connectivity index (χ1v) is 10.4. The lowest BCUT2D eigenvalue weighted by Crippen LogP contribution is -2.65. The van der Waals surface area contributed by atoms with Crippen molar-refractivity contribution in [2.24, 2.45) is 5.41 Å². The molecule has 31 heavy (non-hydrogen) atoms. The van der Waals surface area contributed by atoms with E-state index in [1.165, 1.54) is 0 Å². The van der Waals surface area contributed by atoms with Gasteiger partial charge in [0.25, 0.3) is 5.91 Å². The zero-order valence-electron chi connectivity index (χ0n) is 17.4. The van der Waals surface area contributed by atoms with Gasteiger partial charge in [-0.25, -0.2) is 0 Å². The Hall–Kier alpha value is -3.61. The molecule has 2 amide bonds. The molecule has 0 unspecified atom stereocenters. The van der Waals surface area contributed by atoms with Crippen molar-refractivity contribution in [3.8, 4) is 16.9 Å². The number of piperidine rings is 1. The first-order valence-electron chi connectivity index (χ1n) is 10.4. The summed E-state index contributed by atoms with van der Waals surface area (Å²) in [5.74, 6) is 0.906. The number of carbonyl (C=O) groups is 2. The fourth-order valence-corrected chi connectivity index (χ4v) is 4.51. The minimum absolute atomic E-state index is 0.0102. The SMILES string of the molecule is COc1ccc(C(=O)N2CCC3(CC2)CN(c2ccc(-c4cn[nH]c4)cc2)C3=O)cc1. The van der Waals surface area contributed by atoms with Gasteiger partial charge in [0, 0.05) is 42.6 Å². The van der Waals surface area contributed by atoms with Crippen molar-refractivity contribution in [1.82, 2.24) is 15.1 Å². The number of ether oxygens (including phenoxy) is 1. The molecular formula is C24H24N4O3. The first-order chi connectivity index (χ1) is 15.1. The summed E-state index contributed by atoms with van der Waals surface area (Å²) in [5, 5.41) is 6.79. The number of carbonyl (C=O) groups excluding carboxylic acids is 2. The minimum atomic E-state index is -0.333. The average Bonchev–Trinajstić information content (AvgIpc) is 3.37. The number of nitrogens with zero attached hydrogens (tertiary/aromatic N) is 3. The zero-order chi connectivity index (χ0) is 21.4. The van der Waals surface area contributed by atoms with Crippen molar-refractivity contribution in [3.05, 3.63) is 66.5 Å². The lowest BCUT2D eigenvalue weighted by atomic mass is 9.70. The van der Waals surface area contributed by atoms with Crippen molar-refractivity contribution in [2.45, 2.75) is 12.8 Å². The van der Waals surface area contributed by atoms with E-state index in [-0.39, 0.29) is 17.2 Å².